The lowest BCUT2D eigenvalue weighted by molar-refractivity contribution is 0.414. The van der Waals surface area contributed by atoms with Crippen LogP contribution in [-0.2, 0) is 10.0 Å². The van der Waals surface area contributed by atoms with Crippen molar-refractivity contribution in [2.75, 3.05) is 20.2 Å². The van der Waals surface area contributed by atoms with Crippen molar-refractivity contribution in [2.24, 2.45) is 5.73 Å². The third-order valence-electron chi connectivity index (χ3n) is 2.68. The number of sulfonamides is 1. The molecular formula is C12H19N3O3S. The highest BCUT2D eigenvalue weighted by Gasteiger charge is 2.22. The number of nitrogens with one attached hydrogen (secondary N) is 1. The van der Waals surface area contributed by atoms with Gasteiger partial charge in [-0.05, 0) is 24.3 Å². The molecule has 0 aliphatic heterocycles. The smallest absolute Gasteiger partial charge is 0.243 e. The Morgan fingerprint density at radius 2 is 1.95 bits per heavy atom. The van der Waals surface area contributed by atoms with Crippen molar-refractivity contribution in [3.05, 3.63) is 24.3 Å². The minimum Gasteiger partial charge on any atom is -0.497 e. The number of amidine groups is 1. The first-order valence-corrected chi connectivity index (χ1v) is 7.33. The third-order valence-corrected chi connectivity index (χ3v) is 4.67. The monoisotopic (exact) mass is 285 g/mol. The topological polar surface area (TPSA) is 96.5 Å². The van der Waals surface area contributed by atoms with Crippen LogP contribution in [0.25, 0.3) is 0 Å². The Balaban J connectivity index is 2.95. The summed E-state index contributed by atoms with van der Waals surface area (Å²) in [5.41, 5.74) is 5.26. The van der Waals surface area contributed by atoms with E-state index in [1.807, 2.05) is 0 Å². The number of nitrogens with zero attached hydrogens (tertiary/aromatic N) is 1. The summed E-state index contributed by atoms with van der Waals surface area (Å²) in [6, 6.07) is 6.21. The molecule has 0 bridgehead atoms. The fourth-order valence-electron chi connectivity index (χ4n) is 1.59. The van der Waals surface area contributed by atoms with Crippen LogP contribution in [0, 0.1) is 5.41 Å². The average Bonchev–Trinajstić information content (AvgIpc) is 2.39. The first-order valence-electron chi connectivity index (χ1n) is 5.89. The van der Waals surface area contributed by atoms with Crippen LogP contribution in [0.15, 0.2) is 29.2 Å². The second kappa shape index (κ2) is 6.53. The van der Waals surface area contributed by atoms with E-state index in [0.29, 0.717) is 12.3 Å². The molecule has 0 atom stereocenters. The van der Waals surface area contributed by atoms with Gasteiger partial charge in [-0.15, -0.1) is 0 Å². The minimum absolute atomic E-state index is 0.0246. The first-order chi connectivity index (χ1) is 8.91. The molecule has 0 saturated carbocycles. The number of methoxy groups -OCH3 is 1. The van der Waals surface area contributed by atoms with Crippen LogP contribution in [0.5, 0.6) is 5.75 Å². The molecule has 0 aliphatic rings. The molecule has 106 valence electrons. The van der Waals surface area contributed by atoms with Crippen molar-refractivity contribution >= 4 is 15.9 Å². The summed E-state index contributed by atoms with van der Waals surface area (Å²) >= 11 is 0. The fraction of sp³-hybridized carbons (Fsp3) is 0.417. The average molecular weight is 285 g/mol. The SMILES string of the molecule is CCN(CCC(=N)N)S(=O)(=O)c1ccc(OC)cc1. The molecule has 6 nitrogen and oxygen atoms in total. The molecule has 0 amide bonds. The number of ether oxygens (including phenoxy) is 1. The molecular weight excluding hydrogens is 266 g/mol. The summed E-state index contributed by atoms with van der Waals surface area (Å²) in [6.45, 7) is 2.29. The van der Waals surface area contributed by atoms with Crippen LogP contribution in [0.4, 0.5) is 0 Å². The predicted molar refractivity (Wildman–Crippen MR) is 74.0 cm³/mol. The van der Waals surface area contributed by atoms with Gasteiger partial charge in [0, 0.05) is 19.5 Å². The minimum atomic E-state index is -3.55. The lowest BCUT2D eigenvalue weighted by Crippen LogP contribution is -2.33. The first kappa shape index (κ1) is 15.5. The zero-order valence-corrected chi connectivity index (χ0v) is 11.9. The van der Waals surface area contributed by atoms with E-state index in [4.69, 9.17) is 15.9 Å². The maximum Gasteiger partial charge on any atom is 0.243 e. The number of hydrogen-bond acceptors (Lipinski definition) is 4. The zero-order valence-electron chi connectivity index (χ0n) is 11.1. The number of benzene rings is 1. The Morgan fingerprint density at radius 1 is 1.37 bits per heavy atom. The molecule has 0 aliphatic carbocycles. The van der Waals surface area contributed by atoms with Crippen molar-refractivity contribution in [1.29, 1.82) is 5.41 Å². The molecule has 0 aromatic heterocycles. The number of hydrogen-bond donors (Lipinski definition) is 2. The van der Waals surface area contributed by atoms with Crippen LogP contribution in [0.3, 0.4) is 0 Å². The van der Waals surface area contributed by atoms with Crippen molar-refractivity contribution < 1.29 is 13.2 Å². The number of rotatable bonds is 7. The lowest BCUT2D eigenvalue weighted by atomic mass is 10.3. The van der Waals surface area contributed by atoms with Crippen LogP contribution < -0.4 is 10.5 Å². The highest BCUT2D eigenvalue weighted by molar-refractivity contribution is 7.89. The molecule has 0 spiro atoms. The molecule has 0 heterocycles. The van der Waals surface area contributed by atoms with E-state index in [-0.39, 0.29) is 23.7 Å². The van der Waals surface area contributed by atoms with Gasteiger partial charge < -0.3 is 10.5 Å². The van der Waals surface area contributed by atoms with Gasteiger partial charge in [0.1, 0.15) is 5.75 Å². The van der Waals surface area contributed by atoms with E-state index in [1.54, 1.807) is 19.1 Å². The Hall–Kier alpha value is -1.60. The van der Waals surface area contributed by atoms with Crippen LogP contribution >= 0.6 is 0 Å². The maximum atomic E-state index is 12.3. The van der Waals surface area contributed by atoms with Gasteiger partial charge in [0.25, 0.3) is 0 Å². The molecule has 7 heteroatoms. The largest absolute Gasteiger partial charge is 0.497 e. The van der Waals surface area contributed by atoms with Crippen molar-refractivity contribution in [1.82, 2.24) is 4.31 Å². The van der Waals surface area contributed by atoms with E-state index in [9.17, 15) is 8.42 Å². The Bertz CT molecular complexity index is 526. The van der Waals surface area contributed by atoms with Crippen molar-refractivity contribution in [3.63, 3.8) is 0 Å². The maximum absolute atomic E-state index is 12.3. The van der Waals surface area contributed by atoms with Crippen molar-refractivity contribution in [3.8, 4) is 5.75 Å². The van der Waals surface area contributed by atoms with Gasteiger partial charge in [-0.25, -0.2) is 8.42 Å². The Kier molecular flexibility index (Phi) is 5.31. The van der Waals surface area contributed by atoms with Gasteiger partial charge in [-0.2, -0.15) is 4.31 Å². The zero-order chi connectivity index (χ0) is 14.5. The molecule has 1 aromatic carbocycles. The molecule has 3 N–H and O–H groups in total. The van der Waals surface area contributed by atoms with Gasteiger partial charge >= 0.3 is 0 Å². The molecule has 1 aromatic rings. The molecule has 0 fully saturated rings. The van der Waals surface area contributed by atoms with Crippen LogP contribution in [0.1, 0.15) is 13.3 Å². The van der Waals surface area contributed by atoms with Gasteiger partial charge in [0.05, 0.1) is 17.8 Å². The van der Waals surface area contributed by atoms with E-state index in [2.05, 4.69) is 0 Å². The highest BCUT2D eigenvalue weighted by Crippen LogP contribution is 2.19. The summed E-state index contributed by atoms with van der Waals surface area (Å²) in [5.74, 6) is 0.578. The second-order valence-corrected chi connectivity index (χ2v) is 5.89. The molecule has 0 unspecified atom stereocenters. The fourth-order valence-corrected chi connectivity index (χ4v) is 3.04. The van der Waals surface area contributed by atoms with E-state index in [0.717, 1.165) is 0 Å². The second-order valence-electron chi connectivity index (χ2n) is 3.95. The van der Waals surface area contributed by atoms with E-state index >= 15 is 0 Å². The summed E-state index contributed by atoms with van der Waals surface area (Å²) < 4.78 is 31.0. The van der Waals surface area contributed by atoms with E-state index < -0.39 is 10.0 Å². The summed E-state index contributed by atoms with van der Waals surface area (Å²) in [5, 5.41) is 7.16. The summed E-state index contributed by atoms with van der Waals surface area (Å²) in [6.07, 6.45) is 0.225. The molecule has 1 rings (SSSR count). The van der Waals surface area contributed by atoms with Gasteiger partial charge in [0.2, 0.25) is 10.0 Å². The van der Waals surface area contributed by atoms with E-state index in [1.165, 1.54) is 23.5 Å². The Morgan fingerprint density at radius 3 is 2.37 bits per heavy atom. The van der Waals surface area contributed by atoms with Crippen molar-refractivity contribution in [2.45, 2.75) is 18.2 Å². The van der Waals surface area contributed by atoms with Crippen LogP contribution in [0.2, 0.25) is 0 Å². The van der Waals surface area contributed by atoms with Gasteiger partial charge in [-0.3, -0.25) is 5.41 Å². The number of nitrogens with two attached hydrogens (primary N) is 1. The molecule has 19 heavy (non-hydrogen) atoms. The lowest BCUT2D eigenvalue weighted by Gasteiger charge is -2.20. The quantitative estimate of drug-likeness (QED) is 0.577. The van der Waals surface area contributed by atoms with Crippen LogP contribution in [-0.4, -0.2) is 38.8 Å². The third kappa shape index (κ3) is 3.93. The summed E-state index contributed by atoms with van der Waals surface area (Å²) in [4.78, 5) is 0.207. The summed E-state index contributed by atoms with van der Waals surface area (Å²) in [7, 11) is -2.02. The Labute approximate surface area is 113 Å². The standard InChI is InChI=1S/C12H19N3O3S/c1-3-15(9-8-12(13)14)19(16,17)11-6-4-10(18-2)5-7-11/h4-7H,3,8-9H2,1-2H3,(H3,13,14). The predicted octanol–water partition coefficient (Wildman–Crippen LogP) is 1.03. The molecule has 0 radical (unpaired) electrons. The molecule has 0 saturated heterocycles. The highest BCUT2D eigenvalue weighted by atomic mass is 32.2. The van der Waals surface area contributed by atoms with Gasteiger partial charge in [0.15, 0.2) is 0 Å². The normalized spacial score (nSPS) is 11.5. The van der Waals surface area contributed by atoms with Gasteiger partial charge in [-0.1, -0.05) is 6.92 Å².